The maximum atomic E-state index is 11.7. The largest absolute Gasteiger partial charge is 0.338 e. The Balaban J connectivity index is 2.37. The number of carbonyl (C=O) groups is 1. The summed E-state index contributed by atoms with van der Waals surface area (Å²) in [6, 6.07) is 0. The first-order valence-electron chi connectivity index (χ1n) is 5.70. The van der Waals surface area contributed by atoms with Crippen LogP contribution in [0, 0.1) is 5.92 Å². The van der Waals surface area contributed by atoms with Crippen molar-refractivity contribution in [3.05, 3.63) is 11.5 Å². The van der Waals surface area contributed by atoms with Crippen LogP contribution in [0.1, 0.15) is 26.2 Å². The molecule has 1 unspecified atom stereocenters. The number of carbonyl (C=O) groups excluding carboxylic acids is 1. The van der Waals surface area contributed by atoms with E-state index in [1.165, 1.54) is 11.8 Å². The van der Waals surface area contributed by atoms with Crippen molar-refractivity contribution in [3.63, 3.8) is 0 Å². The van der Waals surface area contributed by atoms with Gasteiger partial charge in [0, 0.05) is 24.9 Å². The van der Waals surface area contributed by atoms with E-state index in [1.54, 1.807) is 12.6 Å². The number of rotatable bonds is 6. The molecule has 1 heterocycles. The second kappa shape index (κ2) is 6.74. The standard InChI is InChI=1S/C12H20N2OS/c1-4-5-11-6-12(15)14(8-11)7-10(2)16-9-13-3/h9,11H,2,4-8H2,1,3H3. The Hall–Kier alpha value is -0.770. The van der Waals surface area contributed by atoms with Gasteiger partial charge in [0.05, 0.1) is 12.1 Å². The number of thioether (sulfide) groups is 1. The first kappa shape index (κ1) is 13.3. The number of likely N-dealkylation sites (tertiary alicyclic amines) is 1. The molecule has 1 atom stereocenters. The fraction of sp³-hybridized carbons (Fsp3) is 0.667. The summed E-state index contributed by atoms with van der Waals surface area (Å²) in [5.41, 5.74) is 1.76. The molecule has 3 nitrogen and oxygen atoms in total. The molecule has 0 radical (unpaired) electrons. The summed E-state index contributed by atoms with van der Waals surface area (Å²) < 4.78 is 0. The Kier molecular flexibility index (Phi) is 5.60. The predicted octanol–water partition coefficient (Wildman–Crippen LogP) is 2.54. The van der Waals surface area contributed by atoms with Gasteiger partial charge >= 0.3 is 0 Å². The van der Waals surface area contributed by atoms with Gasteiger partial charge < -0.3 is 4.90 Å². The third kappa shape index (κ3) is 4.00. The van der Waals surface area contributed by atoms with Crippen molar-refractivity contribution in [3.8, 4) is 0 Å². The van der Waals surface area contributed by atoms with E-state index in [0.717, 1.165) is 24.3 Å². The van der Waals surface area contributed by atoms with Gasteiger partial charge in [-0.2, -0.15) is 0 Å². The Morgan fingerprint density at radius 1 is 1.75 bits per heavy atom. The smallest absolute Gasteiger partial charge is 0.223 e. The van der Waals surface area contributed by atoms with Gasteiger partial charge in [0.15, 0.2) is 0 Å². The maximum absolute atomic E-state index is 11.7. The van der Waals surface area contributed by atoms with E-state index in [9.17, 15) is 4.79 Å². The van der Waals surface area contributed by atoms with E-state index in [1.807, 2.05) is 4.90 Å². The summed E-state index contributed by atoms with van der Waals surface area (Å²) in [6.07, 6.45) is 3.02. The molecule has 1 fully saturated rings. The van der Waals surface area contributed by atoms with Crippen molar-refractivity contribution in [1.29, 1.82) is 0 Å². The highest BCUT2D eigenvalue weighted by atomic mass is 32.2. The van der Waals surface area contributed by atoms with Crippen molar-refractivity contribution >= 4 is 23.2 Å². The molecule has 0 saturated carbocycles. The van der Waals surface area contributed by atoms with Crippen LogP contribution >= 0.6 is 11.8 Å². The molecule has 0 N–H and O–H groups in total. The summed E-state index contributed by atoms with van der Waals surface area (Å²) in [6.45, 7) is 7.67. The molecular weight excluding hydrogens is 220 g/mol. The lowest BCUT2D eigenvalue weighted by molar-refractivity contribution is -0.127. The molecule has 90 valence electrons. The van der Waals surface area contributed by atoms with Crippen LogP contribution in [0.4, 0.5) is 0 Å². The lowest BCUT2D eigenvalue weighted by Crippen LogP contribution is -2.26. The Bertz CT molecular complexity index is 289. The molecule has 1 aliphatic rings. The van der Waals surface area contributed by atoms with Crippen LogP contribution in [-0.4, -0.2) is 36.5 Å². The topological polar surface area (TPSA) is 32.7 Å². The zero-order valence-corrected chi connectivity index (χ0v) is 10.9. The van der Waals surface area contributed by atoms with Gasteiger partial charge in [-0.3, -0.25) is 9.79 Å². The first-order chi connectivity index (χ1) is 7.67. The fourth-order valence-electron chi connectivity index (χ4n) is 1.99. The maximum Gasteiger partial charge on any atom is 0.223 e. The minimum atomic E-state index is 0.272. The van der Waals surface area contributed by atoms with E-state index >= 15 is 0 Å². The minimum absolute atomic E-state index is 0.272. The lowest BCUT2D eigenvalue weighted by Gasteiger charge is -2.16. The van der Waals surface area contributed by atoms with Crippen LogP contribution in [-0.2, 0) is 4.79 Å². The van der Waals surface area contributed by atoms with Gasteiger partial charge in [-0.05, 0) is 12.3 Å². The van der Waals surface area contributed by atoms with Gasteiger partial charge in [-0.25, -0.2) is 0 Å². The van der Waals surface area contributed by atoms with Gasteiger partial charge in [-0.1, -0.05) is 31.7 Å². The van der Waals surface area contributed by atoms with Crippen LogP contribution in [0.25, 0.3) is 0 Å². The quantitative estimate of drug-likeness (QED) is 0.528. The van der Waals surface area contributed by atoms with E-state index in [2.05, 4.69) is 18.5 Å². The molecule has 0 aromatic heterocycles. The Morgan fingerprint density at radius 2 is 2.50 bits per heavy atom. The molecule has 4 heteroatoms. The SMILES string of the molecule is C=C(CN1CC(CCC)CC1=O)SC=NC. The van der Waals surface area contributed by atoms with Crippen LogP contribution in [0.3, 0.4) is 0 Å². The van der Waals surface area contributed by atoms with Crippen molar-refractivity contribution in [2.24, 2.45) is 10.9 Å². The molecule has 0 spiro atoms. The molecule has 0 aromatic rings. The fourth-order valence-corrected chi connectivity index (χ4v) is 2.47. The average Bonchev–Trinajstić information content (AvgIpc) is 2.57. The van der Waals surface area contributed by atoms with Crippen LogP contribution in [0.2, 0.25) is 0 Å². The van der Waals surface area contributed by atoms with E-state index in [4.69, 9.17) is 0 Å². The van der Waals surface area contributed by atoms with Crippen LogP contribution in [0.5, 0.6) is 0 Å². The molecule has 0 aromatic carbocycles. The molecule has 1 amide bonds. The van der Waals surface area contributed by atoms with Gasteiger partial charge in [0.2, 0.25) is 5.91 Å². The normalized spacial score (nSPS) is 21.0. The van der Waals surface area contributed by atoms with E-state index in [0.29, 0.717) is 18.9 Å². The summed E-state index contributed by atoms with van der Waals surface area (Å²) in [4.78, 5) is 18.5. The number of amides is 1. The number of hydrogen-bond acceptors (Lipinski definition) is 3. The highest BCUT2D eigenvalue weighted by molar-refractivity contribution is 8.15. The van der Waals surface area contributed by atoms with Crippen molar-refractivity contribution in [2.75, 3.05) is 20.1 Å². The molecule has 1 saturated heterocycles. The van der Waals surface area contributed by atoms with Crippen molar-refractivity contribution < 1.29 is 4.79 Å². The summed E-state index contributed by atoms with van der Waals surface area (Å²) >= 11 is 1.50. The molecule has 1 rings (SSSR count). The Labute approximate surface area is 102 Å². The van der Waals surface area contributed by atoms with Gasteiger partial charge in [-0.15, -0.1) is 0 Å². The highest BCUT2D eigenvalue weighted by Gasteiger charge is 2.28. The summed E-state index contributed by atoms with van der Waals surface area (Å²) in [5, 5.41) is 0. The Morgan fingerprint density at radius 3 is 3.12 bits per heavy atom. The van der Waals surface area contributed by atoms with Crippen molar-refractivity contribution in [2.45, 2.75) is 26.2 Å². The van der Waals surface area contributed by atoms with Crippen LogP contribution in [0.15, 0.2) is 16.5 Å². The van der Waals surface area contributed by atoms with Gasteiger partial charge in [0.1, 0.15) is 0 Å². The zero-order valence-electron chi connectivity index (χ0n) is 10.1. The second-order valence-corrected chi connectivity index (χ2v) is 5.18. The highest BCUT2D eigenvalue weighted by Crippen LogP contribution is 2.24. The predicted molar refractivity (Wildman–Crippen MR) is 70.7 cm³/mol. The second-order valence-electron chi connectivity index (χ2n) is 4.15. The molecular formula is C12H20N2OS. The number of aliphatic imine (C=N–C) groups is 1. The third-order valence-corrected chi connectivity index (χ3v) is 3.46. The monoisotopic (exact) mass is 240 g/mol. The average molecular weight is 240 g/mol. The van der Waals surface area contributed by atoms with E-state index in [-0.39, 0.29) is 5.91 Å². The zero-order chi connectivity index (χ0) is 12.0. The number of hydrogen-bond donors (Lipinski definition) is 0. The molecule has 16 heavy (non-hydrogen) atoms. The van der Waals surface area contributed by atoms with Crippen LogP contribution < -0.4 is 0 Å². The molecule has 0 bridgehead atoms. The minimum Gasteiger partial charge on any atom is -0.338 e. The van der Waals surface area contributed by atoms with E-state index < -0.39 is 0 Å². The van der Waals surface area contributed by atoms with Crippen molar-refractivity contribution in [1.82, 2.24) is 4.90 Å². The lowest BCUT2D eigenvalue weighted by atomic mass is 10.0. The van der Waals surface area contributed by atoms with Gasteiger partial charge in [0.25, 0.3) is 0 Å². The summed E-state index contributed by atoms with van der Waals surface area (Å²) in [7, 11) is 1.73. The summed E-state index contributed by atoms with van der Waals surface area (Å²) in [5.74, 6) is 0.823. The molecule has 0 aliphatic carbocycles. The first-order valence-corrected chi connectivity index (χ1v) is 6.58. The molecule has 1 aliphatic heterocycles. The number of nitrogens with zero attached hydrogens (tertiary/aromatic N) is 2. The third-order valence-electron chi connectivity index (χ3n) is 2.68.